The molecule has 0 saturated heterocycles. The molecule has 0 amide bonds. The van der Waals surface area contributed by atoms with Crippen LogP contribution < -0.4 is 9.47 Å². The van der Waals surface area contributed by atoms with Gasteiger partial charge in [0, 0.05) is 19.3 Å². The van der Waals surface area contributed by atoms with Crippen molar-refractivity contribution in [2.24, 2.45) is 0 Å². The maximum atomic E-state index is 11.3. The Morgan fingerprint density at radius 2 is 0.878 bits per heavy atom. The van der Waals surface area contributed by atoms with Crippen molar-refractivity contribution in [3.05, 3.63) is 118 Å². The lowest BCUT2D eigenvalue weighted by atomic mass is 9.70. The first-order valence-corrected chi connectivity index (χ1v) is 18.0. The minimum absolute atomic E-state index is 0.0306. The van der Waals surface area contributed by atoms with Crippen LogP contribution in [-0.4, -0.2) is 11.9 Å². The fraction of sp³-hybridized carbons (Fsp3) is 0.333. The molecule has 254 valence electrons. The van der Waals surface area contributed by atoms with Crippen molar-refractivity contribution < 1.29 is 19.1 Å². The third-order valence-electron chi connectivity index (χ3n) is 9.54. The molecule has 0 aliphatic heterocycles. The molecule has 1 aliphatic carbocycles. The molecule has 0 bridgehead atoms. The highest BCUT2D eigenvalue weighted by Crippen LogP contribution is 2.55. The lowest BCUT2D eigenvalue weighted by molar-refractivity contribution is -0.132. The Balaban J connectivity index is 1.50. The maximum absolute atomic E-state index is 11.3. The number of carbonyl (C=O) groups is 2. The summed E-state index contributed by atoms with van der Waals surface area (Å²) in [5.41, 5.74) is 10.1. The monoisotopic (exact) mass is 654 g/mol. The second-order valence-corrected chi connectivity index (χ2v) is 13.3. The summed E-state index contributed by atoms with van der Waals surface area (Å²) >= 11 is 0. The molecular weight excluding hydrogens is 604 g/mol. The van der Waals surface area contributed by atoms with Crippen LogP contribution in [0, 0.1) is 0 Å². The van der Waals surface area contributed by atoms with Crippen molar-refractivity contribution in [1.29, 1.82) is 0 Å². The second-order valence-electron chi connectivity index (χ2n) is 13.3. The van der Waals surface area contributed by atoms with Crippen LogP contribution in [0.1, 0.15) is 125 Å². The first kappa shape index (κ1) is 35.6. The number of carbonyl (C=O) groups excluding carboxylic acids is 2. The molecule has 0 spiro atoms. The largest absolute Gasteiger partial charge is 0.427 e. The van der Waals surface area contributed by atoms with Crippen molar-refractivity contribution in [1.82, 2.24) is 0 Å². The summed E-state index contributed by atoms with van der Waals surface area (Å²) in [6.07, 6.45) is 20.9. The van der Waals surface area contributed by atoms with Crippen LogP contribution >= 0.6 is 0 Å². The van der Waals surface area contributed by atoms with Gasteiger partial charge in [-0.2, -0.15) is 0 Å². The Labute approximate surface area is 292 Å². The van der Waals surface area contributed by atoms with Gasteiger partial charge in [0.15, 0.2) is 0 Å². The summed E-state index contributed by atoms with van der Waals surface area (Å²) in [5, 5.41) is 0. The summed E-state index contributed by atoms with van der Waals surface area (Å²) < 4.78 is 10.4. The average Bonchev–Trinajstić information content (AvgIpc) is 3.35. The molecule has 4 nitrogen and oxygen atoms in total. The minimum Gasteiger partial charge on any atom is -0.427 e. The molecule has 1 aliphatic rings. The van der Waals surface area contributed by atoms with Gasteiger partial charge in [0.25, 0.3) is 0 Å². The highest BCUT2D eigenvalue weighted by molar-refractivity contribution is 5.85. The molecule has 0 saturated carbocycles. The van der Waals surface area contributed by atoms with Crippen LogP contribution in [0.15, 0.2) is 84.9 Å². The van der Waals surface area contributed by atoms with E-state index in [0.29, 0.717) is 11.5 Å². The number of fused-ring (bicyclic) bond motifs is 3. The van der Waals surface area contributed by atoms with Gasteiger partial charge in [-0.05, 0) is 81.6 Å². The van der Waals surface area contributed by atoms with E-state index in [9.17, 15) is 9.59 Å². The Kier molecular flexibility index (Phi) is 12.4. The molecule has 0 fully saturated rings. The zero-order valence-electron chi connectivity index (χ0n) is 29.6. The molecule has 49 heavy (non-hydrogen) atoms. The standard InChI is InChI=1S/C45H50O4/c1-5-7-9-11-29-45(30-12-10-8-6-2)43-31-37(15-13-35-17-23-39(24-18-35)48-33(3)46)21-27-41(43)42-28-22-38(32-44(42)45)16-14-36-19-25-40(26-20-36)49-34(4)47/h13-28,31-32H,5-12,29-30H2,1-4H3/b15-13+,16-14+. The van der Waals surface area contributed by atoms with Crippen LogP contribution in [-0.2, 0) is 15.0 Å². The van der Waals surface area contributed by atoms with Crippen LogP contribution in [0.2, 0.25) is 0 Å². The average molecular weight is 655 g/mol. The smallest absolute Gasteiger partial charge is 0.308 e. The Hall–Kier alpha value is -4.70. The highest BCUT2D eigenvalue weighted by Gasteiger charge is 2.42. The summed E-state index contributed by atoms with van der Waals surface area (Å²) in [7, 11) is 0. The lowest BCUT2D eigenvalue weighted by Gasteiger charge is -2.33. The zero-order valence-corrected chi connectivity index (χ0v) is 29.6. The second kappa shape index (κ2) is 17.1. The summed E-state index contributed by atoms with van der Waals surface area (Å²) in [6, 6.07) is 29.3. The zero-order chi connectivity index (χ0) is 34.6. The van der Waals surface area contributed by atoms with Crippen LogP contribution in [0.3, 0.4) is 0 Å². The van der Waals surface area contributed by atoms with Crippen LogP contribution in [0.4, 0.5) is 0 Å². The third kappa shape index (κ3) is 9.26. The molecule has 4 aromatic rings. The predicted molar refractivity (Wildman–Crippen MR) is 204 cm³/mol. The van der Waals surface area contributed by atoms with Gasteiger partial charge in [-0.25, -0.2) is 0 Å². The van der Waals surface area contributed by atoms with Crippen molar-refractivity contribution in [3.63, 3.8) is 0 Å². The van der Waals surface area contributed by atoms with Gasteiger partial charge in [-0.3, -0.25) is 9.59 Å². The van der Waals surface area contributed by atoms with E-state index < -0.39 is 0 Å². The SMILES string of the molecule is CCCCCCC1(CCCCCC)c2cc(/C=C/c3ccc(OC(C)=O)cc3)ccc2-c2ccc(/C=C/c3ccc(OC(C)=O)cc3)cc21. The summed E-state index contributed by atoms with van der Waals surface area (Å²) in [5.74, 6) is 0.487. The first-order valence-electron chi connectivity index (χ1n) is 18.0. The maximum Gasteiger partial charge on any atom is 0.308 e. The molecule has 4 heteroatoms. The first-order chi connectivity index (χ1) is 23.8. The van der Waals surface area contributed by atoms with E-state index in [2.05, 4.69) is 74.5 Å². The van der Waals surface area contributed by atoms with Gasteiger partial charge in [0.1, 0.15) is 11.5 Å². The topological polar surface area (TPSA) is 52.6 Å². The van der Waals surface area contributed by atoms with E-state index in [1.54, 1.807) is 0 Å². The van der Waals surface area contributed by atoms with Crippen molar-refractivity contribution in [3.8, 4) is 22.6 Å². The Morgan fingerprint density at radius 3 is 1.24 bits per heavy atom. The van der Waals surface area contributed by atoms with Crippen molar-refractivity contribution >= 4 is 36.2 Å². The van der Waals surface area contributed by atoms with Crippen LogP contribution in [0.5, 0.6) is 11.5 Å². The Bertz CT molecular complexity index is 1640. The number of rotatable bonds is 16. The van der Waals surface area contributed by atoms with Crippen molar-refractivity contribution in [2.75, 3.05) is 0 Å². The number of esters is 2. The van der Waals surface area contributed by atoms with E-state index in [4.69, 9.17) is 9.47 Å². The van der Waals surface area contributed by atoms with Gasteiger partial charge < -0.3 is 9.47 Å². The van der Waals surface area contributed by atoms with E-state index in [1.165, 1.54) is 98.6 Å². The van der Waals surface area contributed by atoms with E-state index in [0.717, 1.165) is 24.0 Å². The van der Waals surface area contributed by atoms with Crippen LogP contribution in [0.25, 0.3) is 35.4 Å². The van der Waals surface area contributed by atoms with E-state index in [1.807, 2.05) is 48.5 Å². The van der Waals surface area contributed by atoms with Crippen molar-refractivity contribution in [2.45, 2.75) is 97.3 Å². The van der Waals surface area contributed by atoms with Gasteiger partial charge in [-0.1, -0.05) is 150 Å². The molecule has 4 aromatic carbocycles. The molecular formula is C45H50O4. The lowest BCUT2D eigenvalue weighted by Crippen LogP contribution is -2.25. The van der Waals surface area contributed by atoms with Gasteiger partial charge >= 0.3 is 11.9 Å². The fourth-order valence-electron chi connectivity index (χ4n) is 7.12. The molecule has 0 heterocycles. The van der Waals surface area contributed by atoms with Gasteiger partial charge in [0.2, 0.25) is 0 Å². The summed E-state index contributed by atoms with van der Waals surface area (Å²) in [6.45, 7) is 7.40. The molecule has 0 radical (unpaired) electrons. The Morgan fingerprint density at radius 1 is 0.510 bits per heavy atom. The normalized spacial score (nSPS) is 13.1. The predicted octanol–water partition coefficient (Wildman–Crippen LogP) is 12.1. The van der Waals surface area contributed by atoms with Gasteiger partial charge in [-0.15, -0.1) is 0 Å². The number of unbranched alkanes of at least 4 members (excludes halogenated alkanes) is 6. The number of hydrogen-bond donors (Lipinski definition) is 0. The molecule has 0 N–H and O–H groups in total. The molecule has 0 aromatic heterocycles. The number of benzene rings is 4. The van der Waals surface area contributed by atoms with E-state index >= 15 is 0 Å². The minimum atomic E-state index is -0.314. The molecule has 0 atom stereocenters. The summed E-state index contributed by atoms with van der Waals surface area (Å²) in [4.78, 5) is 22.7. The highest BCUT2D eigenvalue weighted by atomic mass is 16.5. The van der Waals surface area contributed by atoms with E-state index in [-0.39, 0.29) is 17.4 Å². The third-order valence-corrected chi connectivity index (χ3v) is 9.54. The van der Waals surface area contributed by atoms with Gasteiger partial charge in [0.05, 0.1) is 0 Å². The number of hydrogen-bond acceptors (Lipinski definition) is 4. The molecule has 0 unspecified atom stereocenters. The fourth-order valence-corrected chi connectivity index (χ4v) is 7.12. The quantitative estimate of drug-likeness (QED) is 0.0522. The molecule has 5 rings (SSSR count). The number of ether oxygens (including phenoxy) is 2.